The fourth-order valence-corrected chi connectivity index (χ4v) is 3.75. The Morgan fingerprint density at radius 2 is 2.11 bits per heavy atom. The van der Waals surface area contributed by atoms with Gasteiger partial charge in [-0.15, -0.1) is 0 Å². The molecule has 0 spiro atoms. The molecule has 4 rings (SSSR count). The summed E-state index contributed by atoms with van der Waals surface area (Å²) in [6, 6.07) is 1.13. The molecule has 1 saturated carbocycles. The van der Waals surface area contributed by atoms with Crippen LogP contribution in [-0.4, -0.2) is 28.2 Å². The largest absolute Gasteiger partial charge is 0.477 e. The maximum absolute atomic E-state index is 14.6. The predicted octanol–water partition coefficient (Wildman–Crippen LogP) is 3.47. The second-order valence-corrected chi connectivity index (χ2v) is 7.23. The Balaban J connectivity index is 1.89. The van der Waals surface area contributed by atoms with Crippen molar-refractivity contribution in [2.75, 3.05) is 6.54 Å². The zero-order valence-electron chi connectivity index (χ0n) is 14.7. The van der Waals surface area contributed by atoms with E-state index in [1.165, 1.54) is 12.3 Å². The van der Waals surface area contributed by atoms with E-state index in [4.69, 9.17) is 0 Å². The summed E-state index contributed by atoms with van der Waals surface area (Å²) < 4.78 is 30.4. The molecule has 1 atom stereocenters. The van der Waals surface area contributed by atoms with Gasteiger partial charge in [-0.25, -0.2) is 13.6 Å². The molecular formula is C20H20F2N2O3. The highest BCUT2D eigenvalue weighted by atomic mass is 19.2. The van der Waals surface area contributed by atoms with Crippen LogP contribution in [0.1, 0.15) is 54.1 Å². The highest BCUT2D eigenvalue weighted by Gasteiger charge is 2.29. The fourth-order valence-electron chi connectivity index (χ4n) is 3.75. The van der Waals surface area contributed by atoms with Crippen molar-refractivity contribution in [2.24, 2.45) is 0 Å². The number of halogens is 2. The number of aromatic nitrogens is 1. The lowest BCUT2D eigenvalue weighted by atomic mass is 10.0. The van der Waals surface area contributed by atoms with Crippen LogP contribution in [0.3, 0.4) is 0 Å². The van der Waals surface area contributed by atoms with Gasteiger partial charge >= 0.3 is 5.97 Å². The van der Waals surface area contributed by atoms with Gasteiger partial charge in [0.2, 0.25) is 5.43 Å². The molecule has 0 amide bonds. The molecule has 2 fully saturated rings. The van der Waals surface area contributed by atoms with Crippen LogP contribution in [0.25, 0.3) is 17.0 Å². The van der Waals surface area contributed by atoms with Crippen molar-refractivity contribution in [3.05, 3.63) is 51.3 Å². The van der Waals surface area contributed by atoms with Crippen LogP contribution in [0, 0.1) is 11.6 Å². The first kappa shape index (κ1) is 17.9. The minimum absolute atomic E-state index is 0.000269. The molecule has 0 bridgehead atoms. The Bertz CT molecular complexity index is 1000. The summed E-state index contributed by atoms with van der Waals surface area (Å²) in [5.74, 6) is -3.54. The van der Waals surface area contributed by atoms with E-state index in [0.717, 1.165) is 38.3 Å². The van der Waals surface area contributed by atoms with Gasteiger partial charge < -0.3 is 15.0 Å². The number of pyridine rings is 1. The number of nitrogens with zero attached hydrogens (tertiary/aromatic N) is 1. The van der Waals surface area contributed by atoms with Crippen LogP contribution in [0.2, 0.25) is 0 Å². The number of hydrogen-bond acceptors (Lipinski definition) is 3. The molecule has 0 radical (unpaired) electrons. The first-order chi connectivity index (χ1) is 13.0. The van der Waals surface area contributed by atoms with E-state index in [-0.39, 0.29) is 22.5 Å². The van der Waals surface area contributed by atoms with Gasteiger partial charge in [-0.3, -0.25) is 4.79 Å². The normalized spacial score (nSPS) is 20.0. The second-order valence-electron chi connectivity index (χ2n) is 7.23. The lowest BCUT2D eigenvalue weighted by Gasteiger charge is -2.15. The van der Waals surface area contributed by atoms with Gasteiger partial charge in [0.15, 0.2) is 11.6 Å². The first-order valence-electron chi connectivity index (χ1n) is 9.17. The fraction of sp³-hybridized carbons (Fsp3) is 0.400. The number of hydrogen-bond donors (Lipinski definition) is 2. The summed E-state index contributed by atoms with van der Waals surface area (Å²) in [7, 11) is 0. The van der Waals surface area contributed by atoms with Crippen molar-refractivity contribution >= 4 is 22.9 Å². The van der Waals surface area contributed by atoms with Gasteiger partial charge in [0, 0.05) is 23.8 Å². The molecule has 2 heterocycles. The van der Waals surface area contributed by atoms with Gasteiger partial charge in [-0.1, -0.05) is 12.2 Å². The first-order valence-corrected chi connectivity index (χ1v) is 9.17. The Morgan fingerprint density at radius 1 is 1.33 bits per heavy atom. The van der Waals surface area contributed by atoms with Crippen molar-refractivity contribution in [1.29, 1.82) is 0 Å². The second kappa shape index (κ2) is 6.88. The summed E-state index contributed by atoms with van der Waals surface area (Å²) in [6.45, 7) is 0.953. The molecule has 5 nitrogen and oxygen atoms in total. The third-order valence-electron chi connectivity index (χ3n) is 5.28. The van der Waals surface area contributed by atoms with Crippen LogP contribution < -0.4 is 10.7 Å². The lowest BCUT2D eigenvalue weighted by Crippen LogP contribution is -2.20. The van der Waals surface area contributed by atoms with E-state index in [0.29, 0.717) is 12.5 Å². The highest BCUT2D eigenvalue weighted by Crippen LogP contribution is 2.38. The molecule has 1 aliphatic heterocycles. The van der Waals surface area contributed by atoms with E-state index in [1.54, 1.807) is 10.6 Å². The van der Waals surface area contributed by atoms with E-state index >= 15 is 0 Å². The minimum Gasteiger partial charge on any atom is -0.477 e. The Kier molecular flexibility index (Phi) is 4.55. The van der Waals surface area contributed by atoms with E-state index < -0.39 is 28.6 Å². The Morgan fingerprint density at radius 3 is 2.74 bits per heavy atom. The van der Waals surface area contributed by atoms with Crippen LogP contribution in [0.15, 0.2) is 23.1 Å². The molecule has 2 N–H and O–H groups in total. The topological polar surface area (TPSA) is 71.3 Å². The maximum atomic E-state index is 14.6. The molecule has 1 aromatic carbocycles. The monoisotopic (exact) mass is 374 g/mol. The third-order valence-corrected chi connectivity index (χ3v) is 5.28. The van der Waals surface area contributed by atoms with Crippen LogP contribution >= 0.6 is 0 Å². The molecule has 2 aliphatic rings. The average molecular weight is 374 g/mol. The van der Waals surface area contributed by atoms with Crippen LogP contribution in [0.5, 0.6) is 0 Å². The molecule has 1 saturated heterocycles. The molecule has 27 heavy (non-hydrogen) atoms. The SMILES string of the molecule is O=C(O)c1cn(C2CC2)c2c(/C=C\CC3CCCN3)c(F)c(F)cc2c1=O. The standard InChI is InChI=1S/C20H20F2N2O3/c21-16-9-14-18(13(17(16)22)5-1-3-11-4-2-8-23-11)24(12-6-7-12)10-15(19(14)25)20(26)27/h1,5,9-12,23H,2-4,6-8H2,(H,26,27)/b5-1-. The highest BCUT2D eigenvalue weighted by molar-refractivity contribution is 5.95. The number of fused-ring (bicyclic) bond motifs is 1. The molecule has 1 unspecified atom stereocenters. The number of carboxylic acids is 1. The van der Waals surface area contributed by atoms with Crippen LogP contribution in [0.4, 0.5) is 8.78 Å². The zero-order chi connectivity index (χ0) is 19.1. The predicted molar refractivity (Wildman–Crippen MR) is 98.0 cm³/mol. The van der Waals surface area contributed by atoms with Gasteiger partial charge in [0.05, 0.1) is 10.9 Å². The number of nitrogens with one attached hydrogen (secondary N) is 1. The van der Waals surface area contributed by atoms with Crippen molar-refractivity contribution < 1.29 is 18.7 Å². The summed E-state index contributed by atoms with van der Waals surface area (Å²) in [4.78, 5) is 24.0. The van der Waals surface area contributed by atoms with E-state index in [2.05, 4.69) is 5.32 Å². The number of carbonyl (C=O) groups is 1. The molecule has 2 aromatic rings. The van der Waals surface area contributed by atoms with Gasteiger partial charge in [-0.05, 0) is 44.7 Å². The summed E-state index contributed by atoms with van der Waals surface area (Å²) in [5.41, 5.74) is -0.947. The van der Waals surface area contributed by atoms with Crippen molar-refractivity contribution in [1.82, 2.24) is 9.88 Å². The van der Waals surface area contributed by atoms with Crippen molar-refractivity contribution in [3.8, 4) is 0 Å². The minimum atomic E-state index is -1.37. The van der Waals surface area contributed by atoms with Gasteiger partial charge in [0.25, 0.3) is 0 Å². The third kappa shape index (κ3) is 3.27. The number of aromatic carboxylic acids is 1. The summed E-state index contributed by atoms with van der Waals surface area (Å²) in [6.07, 6.45) is 8.99. The van der Waals surface area contributed by atoms with Crippen LogP contribution in [-0.2, 0) is 0 Å². The molecule has 142 valence electrons. The van der Waals surface area contributed by atoms with Gasteiger partial charge in [0.1, 0.15) is 5.56 Å². The smallest absolute Gasteiger partial charge is 0.341 e. The zero-order valence-corrected chi connectivity index (χ0v) is 14.7. The van der Waals surface area contributed by atoms with Gasteiger partial charge in [-0.2, -0.15) is 0 Å². The maximum Gasteiger partial charge on any atom is 0.341 e. The number of carboxylic acid groups (broad SMARTS) is 1. The van der Waals surface area contributed by atoms with Crippen molar-refractivity contribution in [2.45, 2.75) is 44.2 Å². The molecule has 7 heteroatoms. The Labute approximate surface area is 154 Å². The number of benzene rings is 1. The molecule has 1 aromatic heterocycles. The van der Waals surface area contributed by atoms with Crippen molar-refractivity contribution in [3.63, 3.8) is 0 Å². The Hall–Kier alpha value is -2.54. The summed E-state index contributed by atoms with van der Waals surface area (Å²) >= 11 is 0. The van der Waals surface area contributed by atoms with E-state index in [1.807, 2.05) is 0 Å². The lowest BCUT2D eigenvalue weighted by molar-refractivity contribution is 0.0695. The molecule has 1 aliphatic carbocycles. The average Bonchev–Trinajstić information content (AvgIpc) is 3.34. The molecular weight excluding hydrogens is 354 g/mol. The number of rotatable bonds is 5. The summed E-state index contributed by atoms with van der Waals surface area (Å²) in [5, 5.41) is 12.5. The van der Waals surface area contributed by atoms with E-state index in [9.17, 15) is 23.5 Å². The quantitative estimate of drug-likeness (QED) is 0.841.